The Kier molecular flexibility index (Phi) is 6.27. The van der Waals surface area contributed by atoms with Crippen LogP contribution in [0.15, 0.2) is 17.1 Å². The van der Waals surface area contributed by atoms with Crippen LogP contribution in [-0.2, 0) is 33.3 Å². The summed E-state index contributed by atoms with van der Waals surface area (Å²) in [5.74, 6) is -1.82. The maximum Gasteiger partial charge on any atom is 0.303 e. The monoisotopic (exact) mass is 386 g/mol. The molecule has 1 aromatic rings. The Balaban J connectivity index is 2.41. The number of aromatic amines is 1. The standard InChI is InChI=1S/C15H18N2O8S/c1-7(18)22-6-10-12(23-8(2)19)13(24-9(3)20)14(25-10)17-5-4-11(21)16-15(17)26/h4-5,10,12-14H,6H2,1-3H3,(H,16,21,26)/t10-,12-,13+,14-/m0/s1. The number of carbonyl (C=O) groups is 3. The van der Waals surface area contributed by atoms with E-state index in [0.717, 1.165) is 0 Å². The molecule has 0 radical (unpaired) electrons. The second kappa shape index (κ2) is 8.23. The molecule has 0 bridgehead atoms. The molecule has 2 heterocycles. The summed E-state index contributed by atoms with van der Waals surface area (Å²) in [4.78, 5) is 47.9. The van der Waals surface area contributed by atoms with Gasteiger partial charge in [0, 0.05) is 33.0 Å². The molecule has 11 heteroatoms. The molecular formula is C15H18N2O8S. The fourth-order valence-corrected chi connectivity index (χ4v) is 2.81. The van der Waals surface area contributed by atoms with Gasteiger partial charge in [-0.2, -0.15) is 0 Å². The zero-order chi connectivity index (χ0) is 19.4. The van der Waals surface area contributed by atoms with Crippen LogP contribution in [0.25, 0.3) is 0 Å². The van der Waals surface area contributed by atoms with Gasteiger partial charge < -0.3 is 18.9 Å². The number of rotatable bonds is 5. The zero-order valence-corrected chi connectivity index (χ0v) is 15.1. The van der Waals surface area contributed by atoms with E-state index in [1.807, 2.05) is 0 Å². The predicted octanol–water partition coefficient (Wildman–Crippen LogP) is 0.230. The molecule has 4 atom stereocenters. The second-order valence-corrected chi connectivity index (χ2v) is 5.92. The molecule has 0 amide bonds. The number of esters is 3. The molecule has 0 spiro atoms. The highest BCUT2D eigenvalue weighted by molar-refractivity contribution is 7.71. The maximum absolute atomic E-state index is 11.5. The summed E-state index contributed by atoms with van der Waals surface area (Å²) in [7, 11) is 0. The Morgan fingerprint density at radius 2 is 1.77 bits per heavy atom. The van der Waals surface area contributed by atoms with Gasteiger partial charge in [-0.3, -0.25) is 28.7 Å². The molecule has 142 valence electrons. The van der Waals surface area contributed by atoms with Gasteiger partial charge in [-0.25, -0.2) is 0 Å². The summed E-state index contributed by atoms with van der Waals surface area (Å²) in [5.41, 5.74) is -0.415. The Labute approximate surface area is 153 Å². The minimum absolute atomic E-state index is 0.0226. The van der Waals surface area contributed by atoms with Crippen molar-refractivity contribution >= 4 is 30.1 Å². The molecule has 0 saturated carbocycles. The largest absolute Gasteiger partial charge is 0.463 e. The van der Waals surface area contributed by atoms with Gasteiger partial charge in [0.1, 0.15) is 12.7 Å². The molecule has 1 N–H and O–H groups in total. The predicted molar refractivity (Wildman–Crippen MR) is 87.5 cm³/mol. The lowest BCUT2D eigenvalue weighted by molar-refractivity contribution is -0.166. The van der Waals surface area contributed by atoms with Gasteiger partial charge in [0.25, 0.3) is 5.56 Å². The number of ether oxygens (including phenoxy) is 4. The van der Waals surface area contributed by atoms with E-state index < -0.39 is 48.0 Å². The topological polar surface area (TPSA) is 126 Å². The Bertz CT molecular complexity index is 816. The van der Waals surface area contributed by atoms with E-state index in [0.29, 0.717) is 0 Å². The molecule has 0 aromatic carbocycles. The molecule has 1 aromatic heterocycles. The van der Waals surface area contributed by atoms with E-state index in [9.17, 15) is 19.2 Å². The van der Waals surface area contributed by atoms with E-state index in [4.69, 9.17) is 31.2 Å². The smallest absolute Gasteiger partial charge is 0.303 e. The van der Waals surface area contributed by atoms with E-state index in [1.54, 1.807) is 0 Å². The number of hydrogen-bond acceptors (Lipinski definition) is 9. The number of aromatic nitrogens is 2. The average Bonchev–Trinajstić information content (AvgIpc) is 2.82. The first-order valence-electron chi connectivity index (χ1n) is 7.63. The van der Waals surface area contributed by atoms with E-state index in [-0.39, 0.29) is 11.4 Å². The van der Waals surface area contributed by atoms with Crippen molar-refractivity contribution in [2.75, 3.05) is 6.61 Å². The number of carbonyl (C=O) groups excluding carboxylic acids is 3. The van der Waals surface area contributed by atoms with Crippen LogP contribution in [0, 0.1) is 4.77 Å². The molecular weight excluding hydrogens is 368 g/mol. The van der Waals surface area contributed by atoms with Crippen LogP contribution in [-0.4, -0.2) is 52.4 Å². The van der Waals surface area contributed by atoms with Crippen molar-refractivity contribution in [1.82, 2.24) is 9.55 Å². The minimum atomic E-state index is -1.06. The van der Waals surface area contributed by atoms with Crippen molar-refractivity contribution in [3.05, 3.63) is 27.4 Å². The zero-order valence-electron chi connectivity index (χ0n) is 14.3. The van der Waals surface area contributed by atoms with E-state index in [2.05, 4.69) is 4.98 Å². The minimum Gasteiger partial charge on any atom is -0.463 e. The molecule has 0 unspecified atom stereocenters. The molecule has 1 fully saturated rings. The summed E-state index contributed by atoms with van der Waals surface area (Å²) in [6.45, 7) is 3.37. The van der Waals surface area contributed by atoms with Gasteiger partial charge in [0.15, 0.2) is 23.2 Å². The lowest BCUT2D eigenvalue weighted by Crippen LogP contribution is -2.40. The van der Waals surface area contributed by atoms with Gasteiger partial charge in [0.2, 0.25) is 0 Å². The van der Waals surface area contributed by atoms with Gasteiger partial charge in [-0.1, -0.05) is 0 Å². The van der Waals surface area contributed by atoms with Crippen molar-refractivity contribution in [3.63, 3.8) is 0 Å². The summed E-state index contributed by atoms with van der Waals surface area (Å²) in [6, 6.07) is 1.21. The van der Waals surface area contributed by atoms with Crippen LogP contribution < -0.4 is 5.56 Å². The van der Waals surface area contributed by atoms with Crippen LogP contribution in [0.4, 0.5) is 0 Å². The first-order valence-corrected chi connectivity index (χ1v) is 8.04. The fraction of sp³-hybridized carbons (Fsp3) is 0.533. The van der Waals surface area contributed by atoms with Gasteiger partial charge in [0.05, 0.1) is 0 Å². The summed E-state index contributed by atoms with van der Waals surface area (Å²) in [5, 5.41) is 0. The number of H-pyrrole nitrogens is 1. The highest BCUT2D eigenvalue weighted by Crippen LogP contribution is 2.34. The van der Waals surface area contributed by atoms with E-state index in [1.165, 1.54) is 37.6 Å². The number of nitrogens with one attached hydrogen (secondary N) is 1. The Morgan fingerprint density at radius 3 is 2.31 bits per heavy atom. The highest BCUT2D eigenvalue weighted by Gasteiger charge is 2.50. The fourth-order valence-electron chi connectivity index (χ4n) is 2.54. The van der Waals surface area contributed by atoms with Crippen LogP contribution in [0.1, 0.15) is 27.0 Å². The Morgan fingerprint density at radius 1 is 1.15 bits per heavy atom. The van der Waals surface area contributed by atoms with Crippen LogP contribution in [0.2, 0.25) is 0 Å². The van der Waals surface area contributed by atoms with Crippen LogP contribution in [0.5, 0.6) is 0 Å². The van der Waals surface area contributed by atoms with Gasteiger partial charge in [-0.15, -0.1) is 0 Å². The third-order valence-corrected chi connectivity index (χ3v) is 3.78. The normalized spacial score (nSPS) is 24.7. The van der Waals surface area contributed by atoms with Crippen LogP contribution >= 0.6 is 12.2 Å². The third-order valence-electron chi connectivity index (χ3n) is 3.47. The number of nitrogens with zero attached hydrogens (tertiary/aromatic N) is 1. The lowest BCUT2D eigenvalue weighted by Gasteiger charge is -2.24. The molecule has 2 rings (SSSR count). The quantitative estimate of drug-likeness (QED) is 0.430. The third kappa shape index (κ3) is 4.76. The molecule has 1 aliphatic rings. The van der Waals surface area contributed by atoms with E-state index >= 15 is 0 Å². The molecule has 1 aliphatic heterocycles. The first-order chi connectivity index (χ1) is 12.2. The average molecular weight is 386 g/mol. The van der Waals surface area contributed by atoms with Gasteiger partial charge >= 0.3 is 17.9 Å². The van der Waals surface area contributed by atoms with Crippen molar-refractivity contribution in [1.29, 1.82) is 0 Å². The maximum atomic E-state index is 11.5. The first kappa shape index (κ1) is 19.8. The molecule has 0 aliphatic carbocycles. The second-order valence-electron chi connectivity index (χ2n) is 5.53. The SMILES string of the molecule is CC(=O)OC[C@@H]1O[C@H](n2ccc(=O)[nH]c2=S)[C@H](OC(C)=O)[C@H]1OC(C)=O. The Hall–Kier alpha value is -2.53. The van der Waals surface area contributed by atoms with Crippen molar-refractivity contribution in [2.45, 2.75) is 45.3 Å². The van der Waals surface area contributed by atoms with Gasteiger partial charge in [-0.05, 0) is 12.2 Å². The molecule has 26 heavy (non-hydrogen) atoms. The highest BCUT2D eigenvalue weighted by atomic mass is 32.1. The molecule has 1 saturated heterocycles. The van der Waals surface area contributed by atoms with Crippen molar-refractivity contribution in [3.8, 4) is 0 Å². The van der Waals surface area contributed by atoms with Crippen molar-refractivity contribution < 1.29 is 33.3 Å². The van der Waals surface area contributed by atoms with Crippen molar-refractivity contribution in [2.24, 2.45) is 0 Å². The summed E-state index contributed by atoms with van der Waals surface area (Å²) < 4.78 is 22.6. The summed E-state index contributed by atoms with van der Waals surface area (Å²) in [6.07, 6.45) is -2.62. The van der Waals surface area contributed by atoms with Crippen LogP contribution in [0.3, 0.4) is 0 Å². The lowest BCUT2D eigenvalue weighted by atomic mass is 10.1. The molecule has 10 nitrogen and oxygen atoms in total. The summed E-state index contributed by atoms with van der Waals surface area (Å²) >= 11 is 5.11. The number of hydrogen-bond donors (Lipinski definition) is 1.